The molecule has 0 saturated heterocycles. The van der Waals surface area contributed by atoms with Gasteiger partial charge in [-0.3, -0.25) is 14.5 Å². The van der Waals surface area contributed by atoms with Crippen molar-refractivity contribution in [3.63, 3.8) is 0 Å². The molecule has 2 unspecified atom stereocenters. The van der Waals surface area contributed by atoms with Crippen LogP contribution in [0.25, 0.3) is 0 Å². The second-order valence-corrected chi connectivity index (χ2v) is 3.10. The smallest absolute Gasteiger partial charge is 0.361 e. The van der Waals surface area contributed by atoms with E-state index in [9.17, 15) is 9.59 Å². The molecule has 1 amide bonds. The van der Waals surface area contributed by atoms with E-state index in [0.717, 1.165) is 5.06 Å². The number of hydrogen-bond acceptors (Lipinski definition) is 8. The van der Waals surface area contributed by atoms with E-state index in [1.807, 2.05) is 0 Å². The van der Waals surface area contributed by atoms with Crippen LogP contribution in [0.15, 0.2) is 0 Å². The Morgan fingerprint density at radius 1 is 1.35 bits per heavy atom. The molecule has 9 heteroatoms. The van der Waals surface area contributed by atoms with E-state index < -0.39 is 30.6 Å². The molecular formula is C8H17N3O6. The zero-order chi connectivity index (χ0) is 13.4. The standard InChI is InChI=1S/C8H17N3O6/c1-11(15-2)7(13)6(10)4-16-17-8(14)5(9)3-12/h5-6,12H,3-4,9-10H2,1-2H3. The summed E-state index contributed by atoms with van der Waals surface area (Å²) in [5, 5.41) is 9.44. The van der Waals surface area contributed by atoms with Gasteiger partial charge in [-0.2, -0.15) is 4.89 Å². The Bertz CT molecular complexity index is 262. The van der Waals surface area contributed by atoms with Gasteiger partial charge in [0.1, 0.15) is 18.7 Å². The van der Waals surface area contributed by atoms with Crippen molar-refractivity contribution in [2.45, 2.75) is 12.1 Å². The Labute approximate surface area is 98.1 Å². The third-order valence-corrected chi connectivity index (χ3v) is 1.79. The van der Waals surface area contributed by atoms with Crippen LogP contribution >= 0.6 is 0 Å². The minimum absolute atomic E-state index is 0.351. The van der Waals surface area contributed by atoms with Crippen LogP contribution in [-0.2, 0) is 24.2 Å². The molecule has 0 aliphatic carbocycles. The van der Waals surface area contributed by atoms with Crippen LogP contribution in [0.3, 0.4) is 0 Å². The minimum Gasteiger partial charge on any atom is -0.394 e. The summed E-state index contributed by atoms with van der Waals surface area (Å²) in [6, 6.07) is -2.23. The van der Waals surface area contributed by atoms with Crippen molar-refractivity contribution in [1.29, 1.82) is 0 Å². The molecule has 0 aliphatic heterocycles. The number of likely N-dealkylation sites (N-methyl/N-ethyl adjacent to an activating group) is 1. The molecule has 0 rings (SSSR count). The normalized spacial score (nSPS) is 13.9. The number of carbonyl (C=O) groups is 2. The average molecular weight is 251 g/mol. The van der Waals surface area contributed by atoms with E-state index in [1.165, 1.54) is 14.2 Å². The SMILES string of the molecule is CON(C)C(=O)C(N)COOC(=O)C(N)CO. The highest BCUT2D eigenvalue weighted by Gasteiger charge is 2.20. The van der Waals surface area contributed by atoms with Crippen molar-refractivity contribution in [1.82, 2.24) is 5.06 Å². The van der Waals surface area contributed by atoms with E-state index in [0.29, 0.717) is 0 Å². The van der Waals surface area contributed by atoms with Crippen molar-refractivity contribution >= 4 is 11.9 Å². The van der Waals surface area contributed by atoms with Gasteiger partial charge >= 0.3 is 5.97 Å². The van der Waals surface area contributed by atoms with Gasteiger partial charge in [-0.25, -0.2) is 9.86 Å². The number of rotatable bonds is 7. The highest BCUT2D eigenvalue weighted by molar-refractivity contribution is 5.80. The topological polar surface area (TPSA) is 137 Å². The molecule has 0 aliphatic rings. The molecule has 9 nitrogen and oxygen atoms in total. The maximum atomic E-state index is 11.3. The van der Waals surface area contributed by atoms with Crippen LogP contribution in [0.2, 0.25) is 0 Å². The van der Waals surface area contributed by atoms with Gasteiger partial charge < -0.3 is 16.6 Å². The van der Waals surface area contributed by atoms with Crippen LogP contribution in [-0.4, -0.2) is 61.5 Å². The van der Waals surface area contributed by atoms with Crippen molar-refractivity contribution in [2.24, 2.45) is 11.5 Å². The molecule has 0 aromatic rings. The lowest BCUT2D eigenvalue weighted by Crippen LogP contribution is -2.44. The molecular weight excluding hydrogens is 234 g/mol. The summed E-state index contributed by atoms with van der Waals surface area (Å²) in [6.07, 6.45) is 0. The fraction of sp³-hybridized carbons (Fsp3) is 0.750. The summed E-state index contributed by atoms with van der Waals surface area (Å²) in [6.45, 7) is -0.921. The molecule has 2 atom stereocenters. The zero-order valence-corrected chi connectivity index (χ0v) is 9.66. The lowest BCUT2D eigenvalue weighted by Gasteiger charge is -2.18. The lowest BCUT2D eigenvalue weighted by molar-refractivity contribution is -0.276. The van der Waals surface area contributed by atoms with Crippen LogP contribution in [0.5, 0.6) is 0 Å². The first-order chi connectivity index (χ1) is 7.93. The fourth-order valence-electron chi connectivity index (χ4n) is 0.697. The Morgan fingerprint density at radius 3 is 2.41 bits per heavy atom. The van der Waals surface area contributed by atoms with Gasteiger partial charge in [-0.1, -0.05) is 0 Å². The molecule has 0 fully saturated rings. The van der Waals surface area contributed by atoms with Gasteiger partial charge in [0, 0.05) is 7.05 Å². The molecule has 0 aromatic carbocycles. The second kappa shape index (κ2) is 7.92. The monoisotopic (exact) mass is 251 g/mol. The zero-order valence-electron chi connectivity index (χ0n) is 9.66. The second-order valence-electron chi connectivity index (χ2n) is 3.10. The highest BCUT2D eigenvalue weighted by atomic mass is 17.2. The van der Waals surface area contributed by atoms with Gasteiger partial charge in [-0.05, 0) is 0 Å². The lowest BCUT2D eigenvalue weighted by atomic mass is 10.3. The van der Waals surface area contributed by atoms with Gasteiger partial charge in [0.15, 0.2) is 0 Å². The first-order valence-electron chi connectivity index (χ1n) is 4.71. The van der Waals surface area contributed by atoms with Crippen LogP contribution in [0.4, 0.5) is 0 Å². The summed E-state index contributed by atoms with van der Waals surface area (Å²) < 4.78 is 0. The average Bonchev–Trinajstić information content (AvgIpc) is 2.35. The number of hydrogen-bond donors (Lipinski definition) is 3. The summed E-state index contributed by atoms with van der Waals surface area (Å²) in [5.74, 6) is -1.50. The number of amides is 1. The molecule has 0 bridgehead atoms. The Kier molecular flexibility index (Phi) is 7.34. The Balaban J connectivity index is 3.89. The van der Waals surface area contributed by atoms with Gasteiger partial charge in [-0.15, -0.1) is 0 Å². The summed E-state index contributed by atoms with van der Waals surface area (Å²) in [5.41, 5.74) is 10.6. The van der Waals surface area contributed by atoms with E-state index in [4.69, 9.17) is 16.6 Å². The maximum absolute atomic E-state index is 11.3. The van der Waals surface area contributed by atoms with Gasteiger partial charge in [0.05, 0.1) is 13.7 Å². The number of aliphatic hydroxyl groups is 1. The number of carbonyl (C=O) groups excluding carboxylic acids is 2. The number of hydroxylamine groups is 2. The fourth-order valence-corrected chi connectivity index (χ4v) is 0.697. The number of nitrogens with zero attached hydrogens (tertiary/aromatic N) is 1. The van der Waals surface area contributed by atoms with E-state index in [1.54, 1.807) is 0 Å². The summed E-state index contributed by atoms with van der Waals surface area (Å²) >= 11 is 0. The summed E-state index contributed by atoms with van der Waals surface area (Å²) in [7, 11) is 2.67. The molecule has 17 heavy (non-hydrogen) atoms. The minimum atomic E-state index is -1.19. The maximum Gasteiger partial charge on any atom is 0.361 e. The van der Waals surface area contributed by atoms with Crippen molar-refractivity contribution in [3.8, 4) is 0 Å². The van der Waals surface area contributed by atoms with Crippen molar-refractivity contribution in [2.75, 3.05) is 27.4 Å². The molecule has 100 valence electrons. The molecule has 0 saturated carbocycles. The first kappa shape index (κ1) is 15.7. The van der Waals surface area contributed by atoms with Crippen LogP contribution < -0.4 is 11.5 Å². The highest BCUT2D eigenvalue weighted by Crippen LogP contribution is 1.93. The van der Waals surface area contributed by atoms with Gasteiger partial charge in [0.25, 0.3) is 5.91 Å². The van der Waals surface area contributed by atoms with Crippen molar-refractivity contribution < 1.29 is 29.3 Å². The third-order valence-electron chi connectivity index (χ3n) is 1.79. The predicted molar refractivity (Wildman–Crippen MR) is 54.9 cm³/mol. The largest absolute Gasteiger partial charge is 0.394 e. The molecule has 0 aromatic heterocycles. The van der Waals surface area contributed by atoms with Gasteiger partial charge in [0.2, 0.25) is 0 Å². The third kappa shape index (κ3) is 5.56. The molecule has 0 radical (unpaired) electrons. The molecule has 0 spiro atoms. The number of nitrogens with two attached hydrogens (primary N) is 2. The number of aliphatic hydroxyl groups excluding tert-OH is 1. The molecule has 5 N–H and O–H groups in total. The van der Waals surface area contributed by atoms with Crippen LogP contribution in [0.1, 0.15) is 0 Å². The predicted octanol–water partition coefficient (Wildman–Crippen LogP) is -2.87. The van der Waals surface area contributed by atoms with E-state index in [2.05, 4.69) is 14.6 Å². The Hall–Kier alpha value is -1.26. The Morgan fingerprint density at radius 2 is 1.94 bits per heavy atom. The quantitative estimate of drug-likeness (QED) is 0.324. The van der Waals surface area contributed by atoms with Crippen molar-refractivity contribution in [3.05, 3.63) is 0 Å². The van der Waals surface area contributed by atoms with Crippen LogP contribution in [0, 0.1) is 0 Å². The first-order valence-corrected chi connectivity index (χ1v) is 4.71. The van der Waals surface area contributed by atoms with E-state index in [-0.39, 0.29) is 6.61 Å². The summed E-state index contributed by atoms with van der Waals surface area (Å²) in [4.78, 5) is 35.5. The molecule has 0 heterocycles. The van der Waals surface area contributed by atoms with E-state index >= 15 is 0 Å².